The zero-order chi connectivity index (χ0) is 13.8. The number of hydrogen-bond acceptors (Lipinski definition) is 1. The summed E-state index contributed by atoms with van der Waals surface area (Å²) in [5.41, 5.74) is 7.90. The lowest BCUT2D eigenvalue weighted by Gasteiger charge is -1.99. The van der Waals surface area contributed by atoms with E-state index in [4.69, 9.17) is 5.73 Å². The molecule has 0 aliphatic rings. The quantitative estimate of drug-likeness (QED) is 0.839. The van der Waals surface area contributed by atoms with Gasteiger partial charge in [0.2, 0.25) is 5.91 Å². The standard InChI is InChI=1S/C16H14FNO/c1-11-5-6-13(10-15(11)17)8-7-12-3-2-4-14(9-12)16(18)19/h2-10H,1H3,(H2,18,19)/b8-7+. The van der Waals surface area contributed by atoms with E-state index >= 15 is 0 Å². The van der Waals surface area contributed by atoms with E-state index in [0.717, 1.165) is 11.1 Å². The number of hydrogen-bond donors (Lipinski definition) is 1. The molecule has 0 heterocycles. The van der Waals surface area contributed by atoms with Gasteiger partial charge in [-0.25, -0.2) is 4.39 Å². The number of halogens is 1. The van der Waals surface area contributed by atoms with Gasteiger partial charge in [0.1, 0.15) is 5.82 Å². The Morgan fingerprint density at radius 3 is 2.42 bits per heavy atom. The van der Waals surface area contributed by atoms with Gasteiger partial charge in [-0.2, -0.15) is 0 Å². The van der Waals surface area contributed by atoms with Crippen molar-refractivity contribution < 1.29 is 9.18 Å². The third-order valence-corrected chi connectivity index (χ3v) is 2.84. The van der Waals surface area contributed by atoms with Gasteiger partial charge in [-0.15, -0.1) is 0 Å². The Morgan fingerprint density at radius 2 is 1.79 bits per heavy atom. The van der Waals surface area contributed by atoms with E-state index in [9.17, 15) is 9.18 Å². The van der Waals surface area contributed by atoms with Gasteiger partial charge in [-0.05, 0) is 41.8 Å². The second kappa shape index (κ2) is 5.48. The van der Waals surface area contributed by atoms with Crippen LogP contribution in [0, 0.1) is 12.7 Å². The molecule has 0 radical (unpaired) electrons. The minimum atomic E-state index is -0.461. The van der Waals surface area contributed by atoms with Crippen LogP contribution in [0.25, 0.3) is 12.2 Å². The highest BCUT2D eigenvalue weighted by molar-refractivity contribution is 5.93. The Hall–Kier alpha value is -2.42. The summed E-state index contributed by atoms with van der Waals surface area (Å²) >= 11 is 0. The summed E-state index contributed by atoms with van der Waals surface area (Å²) in [6.07, 6.45) is 3.61. The zero-order valence-electron chi connectivity index (χ0n) is 10.6. The zero-order valence-corrected chi connectivity index (χ0v) is 10.6. The molecule has 0 fully saturated rings. The fourth-order valence-corrected chi connectivity index (χ4v) is 1.70. The fourth-order valence-electron chi connectivity index (χ4n) is 1.70. The maximum absolute atomic E-state index is 13.4. The molecule has 1 amide bonds. The van der Waals surface area contributed by atoms with E-state index in [1.54, 1.807) is 37.3 Å². The van der Waals surface area contributed by atoms with Crippen molar-refractivity contribution in [2.24, 2.45) is 5.73 Å². The molecule has 3 heteroatoms. The molecule has 0 aliphatic carbocycles. The number of nitrogens with two attached hydrogens (primary N) is 1. The van der Waals surface area contributed by atoms with Crippen molar-refractivity contribution in [3.05, 3.63) is 70.5 Å². The summed E-state index contributed by atoms with van der Waals surface area (Å²) in [5.74, 6) is -0.690. The molecule has 2 rings (SSSR count). The molecule has 0 saturated heterocycles. The highest BCUT2D eigenvalue weighted by Crippen LogP contribution is 2.13. The van der Waals surface area contributed by atoms with Crippen molar-refractivity contribution in [3.63, 3.8) is 0 Å². The Kier molecular flexibility index (Phi) is 3.76. The molecule has 2 N–H and O–H groups in total. The largest absolute Gasteiger partial charge is 0.366 e. The molecule has 0 saturated carbocycles. The van der Waals surface area contributed by atoms with Crippen molar-refractivity contribution >= 4 is 18.1 Å². The molecule has 2 aromatic rings. The Labute approximate surface area is 111 Å². The number of carbonyl (C=O) groups excluding carboxylic acids is 1. The molecule has 2 aromatic carbocycles. The van der Waals surface area contributed by atoms with Crippen LogP contribution >= 0.6 is 0 Å². The second-order valence-corrected chi connectivity index (χ2v) is 4.33. The van der Waals surface area contributed by atoms with E-state index in [0.29, 0.717) is 11.1 Å². The van der Waals surface area contributed by atoms with E-state index < -0.39 is 5.91 Å². The molecule has 0 spiro atoms. The summed E-state index contributed by atoms with van der Waals surface area (Å²) in [5, 5.41) is 0. The molecule has 2 nitrogen and oxygen atoms in total. The summed E-state index contributed by atoms with van der Waals surface area (Å²) < 4.78 is 13.4. The lowest BCUT2D eigenvalue weighted by Crippen LogP contribution is -2.10. The topological polar surface area (TPSA) is 43.1 Å². The Bertz CT molecular complexity index is 647. The number of carbonyl (C=O) groups is 1. The first kappa shape index (κ1) is 13.0. The maximum Gasteiger partial charge on any atom is 0.248 e. The van der Waals surface area contributed by atoms with Crippen LogP contribution in [0.15, 0.2) is 42.5 Å². The number of aryl methyl sites for hydroxylation is 1. The van der Waals surface area contributed by atoms with Gasteiger partial charge in [0.25, 0.3) is 0 Å². The van der Waals surface area contributed by atoms with Crippen molar-refractivity contribution in [1.29, 1.82) is 0 Å². The predicted octanol–water partition coefficient (Wildman–Crippen LogP) is 3.40. The molecule has 0 bridgehead atoms. The van der Waals surface area contributed by atoms with Gasteiger partial charge in [-0.1, -0.05) is 36.4 Å². The van der Waals surface area contributed by atoms with Gasteiger partial charge in [0.05, 0.1) is 0 Å². The van der Waals surface area contributed by atoms with Crippen LogP contribution in [0.5, 0.6) is 0 Å². The minimum Gasteiger partial charge on any atom is -0.366 e. The summed E-state index contributed by atoms with van der Waals surface area (Å²) in [4.78, 5) is 11.1. The van der Waals surface area contributed by atoms with Gasteiger partial charge in [0, 0.05) is 5.56 Å². The summed E-state index contributed by atoms with van der Waals surface area (Å²) in [6, 6.07) is 12.0. The monoisotopic (exact) mass is 255 g/mol. The number of rotatable bonds is 3. The van der Waals surface area contributed by atoms with E-state index in [1.165, 1.54) is 6.07 Å². The van der Waals surface area contributed by atoms with Gasteiger partial charge in [0.15, 0.2) is 0 Å². The maximum atomic E-state index is 13.4. The summed E-state index contributed by atoms with van der Waals surface area (Å²) in [6.45, 7) is 1.72. The summed E-state index contributed by atoms with van der Waals surface area (Å²) in [7, 11) is 0. The molecular formula is C16H14FNO. The highest BCUT2D eigenvalue weighted by atomic mass is 19.1. The minimum absolute atomic E-state index is 0.229. The molecular weight excluding hydrogens is 241 g/mol. The van der Waals surface area contributed by atoms with E-state index in [1.807, 2.05) is 18.2 Å². The van der Waals surface area contributed by atoms with E-state index in [2.05, 4.69) is 0 Å². The first-order valence-corrected chi connectivity index (χ1v) is 5.90. The van der Waals surface area contributed by atoms with Crippen molar-refractivity contribution in [3.8, 4) is 0 Å². The van der Waals surface area contributed by atoms with Crippen LogP contribution in [0.2, 0.25) is 0 Å². The second-order valence-electron chi connectivity index (χ2n) is 4.33. The van der Waals surface area contributed by atoms with Gasteiger partial charge < -0.3 is 5.73 Å². The van der Waals surface area contributed by atoms with Gasteiger partial charge >= 0.3 is 0 Å². The average molecular weight is 255 g/mol. The van der Waals surface area contributed by atoms with Crippen LogP contribution in [0.3, 0.4) is 0 Å². The SMILES string of the molecule is Cc1ccc(/C=C/c2cccc(C(N)=O)c2)cc1F. The van der Waals surface area contributed by atoms with Crippen LogP contribution in [0.4, 0.5) is 4.39 Å². The molecule has 19 heavy (non-hydrogen) atoms. The van der Waals surface area contributed by atoms with Crippen molar-refractivity contribution in [1.82, 2.24) is 0 Å². The normalized spacial score (nSPS) is 10.8. The van der Waals surface area contributed by atoms with Crippen molar-refractivity contribution in [2.75, 3.05) is 0 Å². The first-order valence-electron chi connectivity index (χ1n) is 5.90. The Balaban J connectivity index is 2.24. The van der Waals surface area contributed by atoms with Crippen LogP contribution in [-0.2, 0) is 0 Å². The first-order chi connectivity index (χ1) is 9.06. The Morgan fingerprint density at radius 1 is 1.11 bits per heavy atom. The third-order valence-electron chi connectivity index (χ3n) is 2.84. The number of benzene rings is 2. The smallest absolute Gasteiger partial charge is 0.248 e. The third kappa shape index (κ3) is 3.28. The fraction of sp³-hybridized carbons (Fsp3) is 0.0625. The van der Waals surface area contributed by atoms with E-state index in [-0.39, 0.29) is 5.82 Å². The highest BCUT2D eigenvalue weighted by Gasteiger charge is 2.00. The molecule has 0 aromatic heterocycles. The predicted molar refractivity (Wildman–Crippen MR) is 75.0 cm³/mol. The average Bonchev–Trinajstić information content (AvgIpc) is 2.40. The van der Waals surface area contributed by atoms with Crippen LogP contribution in [-0.4, -0.2) is 5.91 Å². The van der Waals surface area contributed by atoms with Gasteiger partial charge in [-0.3, -0.25) is 4.79 Å². The lowest BCUT2D eigenvalue weighted by atomic mass is 10.1. The molecule has 0 unspecified atom stereocenters. The number of primary amides is 1. The van der Waals surface area contributed by atoms with Crippen LogP contribution in [0.1, 0.15) is 27.0 Å². The number of amides is 1. The van der Waals surface area contributed by atoms with Crippen molar-refractivity contribution in [2.45, 2.75) is 6.92 Å². The lowest BCUT2D eigenvalue weighted by molar-refractivity contribution is 0.100. The van der Waals surface area contributed by atoms with Crippen LogP contribution < -0.4 is 5.73 Å². The molecule has 96 valence electrons. The molecule has 0 aliphatic heterocycles. The molecule has 0 atom stereocenters.